The van der Waals surface area contributed by atoms with Crippen molar-refractivity contribution < 1.29 is 23.5 Å². The third-order valence-corrected chi connectivity index (χ3v) is 5.53. The molecule has 5 rings (SSSR count). The normalized spacial score (nSPS) is 11.6. The summed E-state index contributed by atoms with van der Waals surface area (Å²) in [6, 6.07) is 16.9. The highest BCUT2D eigenvalue weighted by Gasteiger charge is 2.22. The molecule has 0 bridgehead atoms. The summed E-state index contributed by atoms with van der Waals surface area (Å²) < 4.78 is 17.5. The van der Waals surface area contributed by atoms with Gasteiger partial charge in [-0.15, -0.1) is 5.10 Å². The molecule has 0 saturated carbocycles. The molecule has 0 aliphatic heterocycles. The Bertz CT molecular complexity index is 1620. The second-order valence-electron chi connectivity index (χ2n) is 7.82. The number of hydrogen-bond donors (Lipinski definition) is 1. The van der Waals surface area contributed by atoms with Gasteiger partial charge in [0.05, 0.1) is 6.26 Å². The number of phenolic OH excluding ortho intramolecular Hbond substituents is 1. The number of aryl methyl sites for hydroxylation is 1. The summed E-state index contributed by atoms with van der Waals surface area (Å²) in [6.07, 6.45) is 3.51. The Morgan fingerprint density at radius 2 is 1.94 bits per heavy atom. The summed E-state index contributed by atoms with van der Waals surface area (Å²) >= 11 is 0. The molecule has 1 N–H and O–H groups in total. The van der Waals surface area contributed by atoms with Crippen LogP contribution in [-0.2, 0) is 22.6 Å². The monoisotopic (exact) mass is 484 g/mol. The molecule has 10 heteroatoms. The Balaban J connectivity index is 1.51. The number of nitrogens with zero attached hydrogens (tertiary/aromatic N) is 4. The van der Waals surface area contributed by atoms with Gasteiger partial charge in [-0.1, -0.05) is 37.3 Å². The van der Waals surface area contributed by atoms with Crippen molar-refractivity contribution in [3.05, 3.63) is 94.2 Å². The van der Waals surface area contributed by atoms with Crippen LogP contribution in [-0.4, -0.2) is 31.3 Å². The van der Waals surface area contributed by atoms with E-state index >= 15 is 0 Å². The highest BCUT2D eigenvalue weighted by molar-refractivity contribution is 6.15. The first kappa shape index (κ1) is 22.8. The zero-order valence-corrected chi connectivity index (χ0v) is 19.1. The predicted molar refractivity (Wildman–Crippen MR) is 129 cm³/mol. The average molecular weight is 484 g/mol. The van der Waals surface area contributed by atoms with Crippen LogP contribution in [0.25, 0.3) is 34.1 Å². The fourth-order valence-electron chi connectivity index (χ4n) is 3.76. The zero-order valence-electron chi connectivity index (χ0n) is 19.1. The topological polar surface area (TPSA) is 133 Å². The smallest absolute Gasteiger partial charge is 0.357 e. The number of hydrogen-bond acceptors (Lipinski definition) is 9. The Morgan fingerprint density at radius 3 is 2.69 bits per heavy atom. The van der Waals surface area contributed by atoms with Gasteiger partial charge in [0.1, 0.15) is 23.7 Å². The van der Waals surface area contributed by atoms with Crippen molar-refractivity contribution in [3.8, 4) is 17.1 Å². The van der Waals surface area contributed by atoms with Gasteiger partial charge in [0.25, 0.3) is 0 Å². The van der Waals surface area contributed by atoms with E-state index < -0.39 is 11.6 Å². The maximum atomic E-state index is 13.3. The van der Waals surface area contributed by atoms with Gasteiger partial charge < -0.3 is 18.7 Å². The number of furan rings is 1. The van der Waals surface area contributed by atoms with Gasteiger partial charge in [-0.2, -0.15) is 4.68 Å². The molecule has 0 saturated heterocycles. The zero-order chi connectivity index (χ0) is 25.1. The third kappa shape index (κ3) is 4.51. The number of aromatic nitrogens is 4. The molecule has 36 heavy (non-hydrogen) atoms. The first-order valence-electron chi connectivity index (χ1n) is 11.1. The number of esters is 1. The lowest BCUT2D eigenvalue weighted by Crippen LogP contribution is -2.15. The van der Waals surface area contributed by atoms with Crippen LogP contribution in [0.1, 0.15) is 23.8 Å². The Labute approximate surface area is 204 Å². The van der Waals surface area contributed by atoms with Crippen molar-refractivity contribution in [2.45, 2.75) is 20.0 Å². The summed E-state index contributed by atoms with van der Waals surface area (Å²) in [4.78, 5) is 25.4. The number of ether oxygens (including phenoxy) is 1. The van der Waals surface area contributed by atoms with Gasteiger partial charge in [0.2, 0.25) is 0 Å². The second kappa shape index (κ2) is 9.71. The number of carbonyl (C=O) groups excluding carboxylic acids is 1. The quantitative estimate of drug-likeness (QED) is 0.206. The number of tetrazole rings is 1. The van der Waals surface area contributed by atoms with E-state index in [0.29, 0.717) is 40.1 Å². The minimum atomic E-state index is -0.744. The van der Waals surface area contributed by atoms with Crippen molar-refractivity contribution in [3.63, 3.8) is 0 Å². The molecule has 0 unspecified atom stereocenters. The molecule has 0 amide bonds. The minimum Gasteiger partial charge on any atom is -0.508 e. The van der Waals surface area contributed by atoms with E-state index in [2.05, 4.69) is 15.5 Å². The summed E-state index contributed by atoms with van der Waals surface area (Å²) in [7, 11) is 0. The number of benzene rings is 2. The van der Waals surface area contributed by atoms with Crippen molar-refractivity contribution in [2.75, 3.05) is 0 Å². The summed E-state index contributed by atoms with van der Waals surface area (Å²) in [5, 5.41) is 22.5. The molecular weight excluding hydrogens is 464 g/mol. The predicted octanol–water partition coefficient (Wildman–Crippen LogP) is 4.05. The van der Waals surface area contributed by atoms with Crippen LogP contribution < -0.4 is 5.63 Å². The Morgan fingerprint density at radius 1 is 1.11 bits per heavy atom. The highest BCUT2D eigenvalue weighted by Crippen LogP contribution is 2.28. The number of fused-ring (bicyclic) bond motifs is 1. The molecule has 3 aromatic heterocycles. The number of phenols is 1. The van der Waals surface area contributed by atoms with Crippen molar-refractivity contribution in [1.29, 1.82) is 0 Å². The summed E-state index contributed by atoms with van der Waals surface area (Å²) in [5.74, 6) is 0.00871. The van der Waals surface area contributed by atoms with Crippen LogP contribution in [0.2, 0.25) is 0 Å². The summed E-state index contributed by atoms with van der Waals surface area (Å²) in [6.45, 7) is 1.66. The van der Waals surface area contributed by atoms with Crippen LogP contribution in [0.4, 0.5) is 0 Å². The standard InChI is InChI=1S/C26H20N4O6/c1-2-16-11-20-18(12-24(32)36-23(20)14-22(16)31)15-35-26(33)21(13-19-9-6-10-34-19)30-25(27-28-29-30)17-7-4-3-5-8-17/h3-14,31H,2,15H2,1H3/b21-13-. The molecule has 0 spiro atoms. The van der Waals surface area contributed by atoms with E-state index in [1.165, 1.54) is 29.2 Å². The molecule has 0 fully saturated rings. The Kier molecular flexibility index (Phi) is 6.14. The maximum absolute atomic E-state index is 13.3. The summed E-state index contributed by atoms with van der Waals surface area (Å²) in [5.41, 5.74) is 1.37. The van der Waals surface area contributed by atoms with Gasteiger partial charge in [0, 0.05) is 34.7 Å². The van der Waals surface area contributed by atoms with Crippen LogP contribution in [0.15, 0.2) is 80.6 Å². The van der Waals surface area contributed by atoms with E-state index in [1.54, 1.807) is 18.2 Å². The van der Waals surface area contributed by atoms with Crippen molar-refractivity contribution in [1.82, 2.24) is 20.2 Å². The molecule has 3 heterocycles. The number of rotatable bonds is 7. The van der Waals surface area contributed by atoms with Crippen LogP contribution in [0.3, 0.4) is 0 Å². The number of aromatic hydroxyl groups is 1. The molecule has 5 aromatic rings. The molecule has 10 nitrogen and oxygen atoms in total. The highest BCUT2D eigenvalue weighted by atomic mass is 16.5. The molecule has 180 valence electrons. The lowest BCUT2D eigenvalue weighted by molar-refractivity contribution is -0.138. The molecule has 0 aliphatic carbocycles. The first-order valence-corrected chi connectivity index (χ1v) is 11.1. The van der Waals surface area contributed by atoms with E-state index in [9.17, 15) is 14.7 Å². The molecule has 0 atom stereocenters. The molecule has 0 aliphatic rings. The first-order chi connectivity index (χ1) is 17.5. The lowest BCUT2D eigenvalue weighted by atomic mass is 10.0. The maximum Gasteiger partial charge on any atom is 0.357 e. The van der Waals surface area contributed by atoms with Crippen LogP contribution >= 0.6 is 0 Å². The number of carbonyl (C=O) groups is 1. The second-order valence-corrected chi connectivity index (χ2v) is 7.82. The lowest BCUT2D eigenvalue weighted by Gasteiger charge is -2.11. The fraction of sp³-hybridized carbons (Fsp3) is 0.115. The van der Waals surface area contributed by atoms with E-state index in [4.69, 9.17) is 13.6 Å². The van der Waals surface area contributed by atoms with Gasteiger partial charge in [-0.05, 0) is 40.6 Å². The van der Waals surface area contributed by atoms with Crippen molar-refractivity contribution >= 4 is 28.7 Å². The molecule has 0 radical (unpaired) electrons. The third-order valence-electron chi connectivity index (χ3n) is 5.53. The van der Waals surface area contributed by atoms with Crippen LogP contribution in [0, 0.1) is 0 Å². The van der Waals surface area contributed by atoms with E-state index in [-0.39, 0.29) is 23.6 Å². The fourth-order valence-corrected chi connectivity index (χ4v) is 3.76. The molecule has 2 aromatic carbocycles. The van der Waals surface area contributed by atoms with Crippen LogP contribution in [0.5, 0.6) is 5.75 Å². The SMILES string of the molecule is CCc1cc2c(COC(=O)/C(=C/c3ccco3)n3nnnc3-c3ccccc3)cc(=O)oc2cc1O. The minimum absolute atomic E-state index is 0.00738. The molecular formula is C26H20N4O6. The van der Waals surface area contributed by atoms with Gasteiger partial charge in [-0.25, -0.2) is 9.59 Å². The van der Waals surface area contributed by atoms with Gasteiger partial charge >= 0.3 is 11.6 Å². The van der Waals surface area contributed by atoms with Gasteiger partial charge in [0.15, 0.2) is 11.5 Å². The largest absolute Gasteiger partial charge is 0.508 e. The average Bonchev–Trinajstić information content (AvgIpc) is 3.58. The van der Waals surface area contributed by atoms with Gasteiger partial charge in [-0.3, -0.25) is 0 Å². The van der Waals surface area contributed by atoms with E-state index in [0.717, 1.165) is 0 Å². The Hall–Kier alpha value is -4.99. The van der Waals surface area contributed by atoms with Crippen molar-refractivity contribution in [2.24, 2.45) is 0 Å². The van der Waals surface area contributed by atoms with E-state index in [1.807, 2.05) is 37.3 Å².